The van der Waals surface area contributed by atoms with E-state index in [0.29, 0.717) is 18.7 Å². The Morgan fingerprint density at radius 2 is 1.91 bits per heavy atom. The van der Waals surface area contributed by atoms with Gasteiger partial charge in [-0.1, -0.05) is 42.5 Å². The highest BCUT2D eigenvalue weighted by Crippen LogP contribution is 2.43. The van der Waals surface area contributed by atoms with Gasteiger partial charge in [0, 0.05) is 25.1 Å². The number of amides is 1. The molecule has 3 aromatic rings. The van der Waals surface area contributed by atoms with E-state index in [0.717, 1.165) is 46.9 Å². The third-order valence-electron chi connectivity index (χ3n) is 7.25. The fraction of sp³-hybridized carbons (Fsp3) is 0.310. The van der Waals surface area contributed by atoms with Crippen molar-refractivity contribution in [3.63, 3.8) is 0 Å². The Balaban J connectivity index is 1.52. The molecule has 0 spiro atoms. The molecule has 3 heterocycles. The molecular weight excluding hydrogens is 442 g/mol. The molecule has 0 aromatic heterocycles. The van der Waals surface area contributed by atoms with Crippen LogP contribution in [0.15, 0.2) is 66.2 Å². The Bertz CT molecular complexity index is 1370. The van der Waals surface area contributed by atoms with Gasteiger partial charge in [-0.15, -0.1) is 0 Å². The molecule has 6 rings (SSSR count). The molecule has 0 saturated carbocycles. The summed E-state index contributed by atoms with van der Waals surface area (Å²) >= 11 is 0. The van der Waals surface area contributed by atoms with Crippen molar-refractivity contribution in [1.29, 1.82) is 0 Å². The second kappa shape index (κ2) is 8.54. The highest BCUT2D eigenvalue weighted by molar-refractivity contribution is 6.46. The second-order valence-corrected chi connectivity index (χ2v) is 9.61. The summed E-state index contributed by atoms with van der Waals surface area (Å²) < 4.78 is 11.6. The van der Waals surface area contributed by atoms with Crippen LogP contribution in [0.2, 0.25) is 0 Å². The van der Waals surface area contributed by atoms with Gasteiger partial charge >= 0.3 is 0 Å². The van der Waals surface area contributed by atoms with E-state index in [4.69, 9.17) is 9.47 Å². The minimum atomic E-state index is -0.700. The molecule has 3 aliphatic rings. The van der Waals surface area contributed by atoms with Crippen molar-refractivity contribution in [3.8, 4) is 5.75 Å². The summed E-state index contributed by atoms with van der Waals surface area (Å²) in [7, 11) is 0. The molecule has 1 N–H and O–H groups in total. The van der Waals surface area contributed by atoms with Gasteiger partial charge in [-0.3, -0.25) is 9.59 Å². The zero-order chi connectivity index (χ0) is 24.1. The van der Waals surface area contributed by atoms with Crippen molar-refractivity contribution in [2.24, 2.45) is 0 Å². The summed E-state index contributed by atoms with van der Waals surface area (Å²) in [6.45, 7) is 2.96. The molecule has 0 bridgehead atoms. The first kappa shape index (κ1) is 21.9. The van der Waals surface area contributed by atoms with Gasteiger partial charge in [0.05, 0.1) is 17.7 Å². The van der Waals surface area contributed by atoms with Gasteiger partial charge in [0.2, 0.25) is 0 Å². The third kappa shape index (κ3) is 3.69. The van der Waals surface area contributed by atoms with Crippen LogP contribution in [0.4, 0.5) is 0 Å². The van der Waals surface area contributed by atoms with Crippen LogP contribution in [0.25, 0.3) is 16.5 Å². The maximum absolute atomic E-state index is 13.4. The van der Waals surface area contributed by atoms with E-state index in [1.165, 1.54) is 0 Å². The maximum Gasteiger partial charge on any atom is 0.295 e. The number of carbonyl (C=O) groups is 2. The molecule has 0 aliphatic carbocycles. The highest BCUT2D eigenvalue weighted by atomic mass is 16.5. The predicted molar refractivity (Wildman–Crippen MR) is 132 cm³/mol. The molecular formula is C29H27NO5. The first-order valence-corrected chi connectivity index (χ1v) is 12.2. The zero-order valence-electron chi connectivity index (χ0n) is 19.6. The predicted octanol–water partition coefficient (Wildman–Crippen LogP) is 4.76. The number of aliphatic hydroxyl groups is 1. The Labute approximate surface area is 203 Å². The molecule has 35 heavy (non-hydrogen) atoms. The summed E-state index contributed by atoms with van der Waals surface area (Å²) in [5.74, 6) is -0.626. The first-order valence-electron chi connectivity index (χ1n) is 12.2. The Hall–Kier alpha value is -3.64. The number of fused-ring (bicyclic) bond motifs is 2. The van der Waals surface area contributed by atoms with Gasteiger partial charge in [-0.05, 0) is 59.9 Å². The van der Waals surface area contributed by atoms with Gasteiger partial charge in [0.25, 0.3) is 11.7 Å². The number of aliphatic hydroxyl groups excluding tert-OH is 1. The monoisotopic (exact) mass is 469 g/mol. The molecule has 3 aliphatic heterocycles. The minimum absolute atomic E-state index is 0.0649. The number of carbonyl (C=O) groups excluding carboxylic acids is 2. The van der Waals surface area contributed by atoms with Gasteiger partial charge in [0.1, 0.15) is 17.6 Å². The van der Waals surface area contributed by atoms with Gasteiger partial charge in [0.15, 0.2) is 0 Å². The zero-order valence-corrected chi connectivity index (χ0v) is 19.6. The fourth-order valence-corrected chi connectivity index (χ4v) is 5.61. The largest absolute Gasteiger partial charge is 0.507 e. The van der Waals surface area contributed by atoms with E-state index in [1.807, 2.05) is 61.5 Å². The third-order valence-corrected chi connectivity index (χ3v) is 7.25. The van der Waals surface area contributed by atoms with E-state index < -0.39 is 17.7 Å². The van der Waals surface area contributed by atoms with Crippen LogP contribution in [0.3, 0.4) is 0 Å². The number of benzene rings is 3. The topological polar surface area (TPSA) is 76.1 Å². The molecule has 0 radical (unpaired) electrons. The number of nitrogens with zero attached hydrogens (tertiary/aromatic N) is 1. The minimum Gasteiger partial charge on any atom is -0.507 e. The lowest BCUT2D eigenvalue weighted by Crippen LogP contribution is -2.36. The van der Waals surface area contributed by atoms with Crippen molar-refractivity contribution in [2.75, 3.05) is 13.2 Å². The lowest BCUT2D eigenvalue weighted by molar-refractivity contribution is -0.140. The fourth-order valence-electron chi connectivity index (χ4n) is 5.61. The number of ketones is 1. The van der Waals surface area contributed by atoms with Gasteiger partial charge in [-0.2, -0.15) is 0 Å². The lowest BCUT2D eigenvalue weighted by Gasteiger charge is -2.28. The first-order chi connectivity index (χ1) is 17.0. The van der Waals surface area contributed by atoms with Crippen LogP contribution < -0.4 is 4.74 Å². The molecule has 2 saturated heterocycles. The molecule has 1 amide bonds. The number of hydrogen-bond acceptors (Lipinski definition) is 5. The van der Waals surface area contributed by atoms with E-state index >= 15 is 0 Å². The van der Waals surface area contributed by atoms with Crippen molar-refractivity contribution < 1.29 is 24.2 Å². The summed E-state index contributed by atoms with van der Waals surface area (Å²) in [6.07, 6.45) is 2.45. The standard InChI is InChI=1S/C29H27NO5/c1-17-14-20-15-19(11-12-24(20)35-17)27(31)25-26(23-10-4-7-18-6-2-3-9-22(18)23)30(29(33)28(25)32)16-21-8-5-13-34-21/h2-4,6-7,9-12,15,17,21,26,31H,5,8,13-14,16H2,1H3/b27-25-. The molecule has 3 aromatic carbocycles. The molecule has 2 fully saturated rings. The maximum atomic E-state index is 13.4. The summed E-state index contributed by atoms with van der Waals surface area (Å²) in [5, 5.41) is 13.5. The van der Waals surface area contributed by atoms with Crippen molar-refractivity contribution in [1.82, 2.24) is 4.90 Å². The van der Waals surface area contributed by atoms with E-state index in [2.05, 4.69) is 0 Å². The van der Waals surface area contributed by atoms with Crippen LogP contribution in [-0.4, -0.2) is 47.1 Å². The smallest absolute Gasteiger partial charge is 0.295 e. The van der Waals surface area contributed by atoms with Crippen LogP contribution in [0.1, 0.15) is 42.5 Å². The molecule has 3 atom stereocenters. The second-order valence-electron chi connectivity index (χ2n) is 9.61. The van der Waals surface area contributed by atoms with Crippen LogP contribution in [0.5, 0.6) is 5.75 Å². The number of ether oxygens (including phenoxy) is 2. The summed E-state index contributed by atoms with van der Waals surface area (Å²) in [4.78, 5) is 28.4. The quantitative estimate of drug-likeness (QED) is 0.339. The number of likely N-dealkylation sites (tertiary alicyclic amines) is 1. The van der Waals surface area contributed by atoms with Crippen molar-refractivity contribution >= 4 is 28.2 Å². The van der Waals surface area contributed by atoms with Gasteiger partial charge < -0.3 is 19.5 Å². The SMILES string of the molecule is CC1Cc2cc(/C(O)=C3/C(=O)C(=O)N(CC4CCCO4)C3c3cccc4ccccc34)ccc2O1. The van der Waals surface area contributed by atoms with E-state index in [-0.39, 0.29) is 23.5 Å². The number of rotatable bonds is 4. The molecule has 178 valence electrons. The van der Waals surface area contributed by atoms with E-state index in [9.17, 15) is 14.7 Å². The molecule has 6 heteroatoms. The van der Waals surface area contributed by atoms with Crippen molar-refractivity contribution in [3.05, 3.63) is 82.9 Å². The number of hydrogen-bond donors (Lipinski definition) is 1. The number of Topliss-reactive ketones (excluding diaryl/α,β-unsaturated/α-hetero) is 1. The summed E-state index contributed by atoms with van der Waals surface area (Å²) in [5.41, 5.74) is 2.44. The summed E-state index contributed by atoms with van der Waals surface area (Å²) in [6, 6.07) is 18.5. The van der Waals surface area contributed by atoms with Crippen LogP contribution >= 0.6 is 0 Å². The van der Waals surface area contributed by atoms with Crippen molar-refractivity contribution in [2.45, 2.75) is 44.4 Å². The highest BCUT2D eigenvalue weighted by Gasteiger charge is 2.47. The Morgan fingerprint density at radius 1 is 1.09 bits per heavy atom. The molecule has 6 nitrogen and oxygen atoms in total. The van der Waals surface area contributed by atoms with Crippen LogP contribution in [0, 0.1) is 0 Å². The van der Waals surface area contributed by atoms with Gasteiger partial charge in [-0.25, -0.2) is 0 Å². The molecule has 3 unspecified atom stereocenters. The average Bonchev–Trinajstić information content (AvgIpc) is 3.57. The van der Waals surface area contributed by atoms with Crippen LogP contribution in [-0.2, 0) is 20.7 Å². The average molecular weight is 470 g/mol. The normalized spacial score (nSPS) is 25.3. The van der Waals surface area contributed by atoms with E-state index in [1.54, 1.807) is 11.0 Å². The lowest BCUT2D eigenvalue weighted by atomic mass is 9.91. The Morgan fingerprint density at radius 3 is 2.74 bits per heavy atom. The Kier molecular flexibility index (Phi) is 5.33.